The highest BCUT2D eigenvalue weighted by Gasteiger charge is 2.26. The van der Waals surface area contributed by atoms with Gasteiger partial charge >= 0.3 is 6.03 Å². The van der Waals surface area contributed by atoms with Crippen molar-refractivity contribution in [3.8, 4) is 0 Å². The van der Waals surface area contributed by atoms with Gasteiger partial charge in [-0.25, -0.2) is 9.78 Å². The maximum Gasteiger partial charge on any atom is 0.321 e. The molecule has 0 unspecified atom stereocenters. The van der Waals surface area contributed by atoms with Gasteiger partial charge in [0.1, 0.15) is 0 Å². The second-order valence-electron chi connectivity index (χ2n) is 7.42. The van der Waals surface area contributed by atoms with E-state index in [1.807, 2.05) is 18.7 Å². The number of amides is 3. The van der Waals surface area contributed by atoms with Crippen LogP contribution in [0.4, 0.5) is 9.93 Å². The number of carbonyl (C=O) groups excluding carboxylic acids is 2. The molecule has 2 aliphatic rings. The third-order valence-corrected chi connectivity index (χ3v) is 5.91. The molecule has 0 saturated heterocycles. The molecule has 6 nitrogen and oxygen atoms in total. The molecule has 1 aliphatic heterocycles. The number of anilines is 1. The summed E-state index contributed by atoms with van der Waals surface area (Å²) in [5, 5.41) is 6.21. The number of nitrogens with one attached hydrogen (secondary N) is 2. The molecule has 25 heavy (non-hydrogen) atoms. The molecule has 0 radical (unpaired) electrons. The first kappa shape index (κ1) is 18.2. The van der Waals surface area contributed by atoms with Crippen molar-refractivity contribution in [2.75, 3.05) is 11.9 Å². The quantitative estimate of drug-likeness (QED) is 0.858. The van der Waals surface area contributed by atoms with Crippen LogP contribution in [-0.4, -0.2) is 34.4 Å². The lowest BCUT2D eigenvalue weighted by molar-refractivity contribution is -0.133. The zero-order chi connectivity index (χ0) is 17.8. The predicted octanol–water partition coefficient (Wildman–Crippen LogP) is 3.53. The van der Waals surface area contributed by atoms with E-state index in [0.29, 0.717) is 24.0 Å². The van der Waals surface area contributed by atoms with Crippen molar-refractivity contribution in [3.63, 3.8) is 0 Å². The van der Waals surface area contributed by atoms with Gasteiger partial charge in [0.25, 0.3) is 0 Å². The monoisotopic (exact) mass is 364 g/mol. The number of rotatable bonds is 4. The van der Waals surface area contributed by atoms with E-state index >= 15 is 0 Å². The third-order valence-electron chi connectivity index (χ3n) is 4.91. The topological polar surface area (TPSA) is 74.3 Å². The molecule has 1 aliphatic carbocycles. The van der Waals surface area contributed by atoms with Crippen LogP contribution in [0.5, 0.6) is 0 Å². The lowest BCUT2D eigenvalue weighted by Crippen LogP contribution is -2.36. The minimum Gasteiger partial charge on any atom is -0.337 e. The van der Waals surface area contributed by atoms with Crippen molar-refractivity contribution in [1.29, 1.82) is 0 Å². The standard InChI is InChI=1S/C18H28N4O2S/c1-12(2)19-17(24)21-18-20-14-8-9-22(11-15(14)25-18)16(23)10-13-6-4-3-5-7-13/h12-13H,3-11H2,1-2H3,(H2,19,20,21,24). The highest BCUT2D eigenvalue weighted by atomic mass is 32.1. The van der Waals surface area contributed by atoms with E-state index < -0.39 is 0 Å². The van der Waals surface area contributed by atoms with Gasteiger partial charge in [0.2, 0.25) is 5.91 Å². The fourth-order valence-corrected chi connectivity index (χ4v) is 4.64. The Kier molecular flexibility index (Phi) is 5.93. The second-order valence-corrected chi connectivity index (χ2v) is 8.50. The largest absolute Gasteiger partial charge is 0.337 e. The van der Waals surface area contributed by atoms with E-state index in [4.69, 9.17) is 0 Å². The Morgan fingerprint density at radius 1 is 1.28 bits per heavy atom. The van der Waals surface area contributed by atoms with Crippen molar-refractivity contribution in [2.24, 2.45) is 5.92 Å². The number of fused-ring (bicyclic) bond motifs is 1. The van der Waals surface area contributed by atoms with Crippen molar-refractivity contribution < 1.29 is 9.59 Å². The molecule has 0 aromatic carbocycles. The van der Waals surface area contributed by atoms with E-state index in [9.17, 15) is 9.59 Å². The van der Waals surface area contributed by atoms with Gasteiger partial charge in [-0.2, -0.15) is 0 Å². The Morgan fingerprint density at radius 3 is 2.76 bits per heavy atom. The molecule has 1 fully saturated rings. The Bertz CT molecular complexity index is 623. The van der Waals surface area contributed by atoms with Gasteiger partial charge < -0.3 is 10.2 Å². The minimum absolute atomic E-state index is 0.0856. The molecular weight excluding hydrogens is 336 g/mol. The van der Waals surface area contributed by atoms with Gasteiger partial charge in [-0.1, -0.05) is 30.6 Å². The number of hydrogen-bond acceptors (Lipinski definition) is 4. The normalized spacial score (nSPS) is 18.1. The van der Waals surface area contributed by atoms with Gasteiger partial charge in [-0.3, -0.25) is 10.1 Å². The van der Waals surface area contributed by atoms with Crippen LogP contribution in [0.2, 0.25) is 0 Å². The number of thiazole rings is 1. The molecule has 0 bridgehead atoms. The van der Waals surface area contributed by atoms with Gasteiger partial charge in [0.05, 0.1) is 12.2 Å². The first-order valence-corrected chi connectivity index (χ1v) is 10.2. The van der Waals surface area contributed by atoms with Gasteiger partial charge in [-0.15, -0.1) is 0 Å². The molecule has 1 aromatic heterocycles. The fourth-order valence-electron chi connectivity index (χ4n) is 3.62. The molecule has 3 amide bonds. The summed E-state index contributed by atoms with van der Waals surface area (Å²) in [6.45, 7) is 5.20. The summed E-state index contributed by atoms with van der Waals surface area (Å²) in [6, 6.07) is -0.145. The number of aromatic nitrogens is 1. The number of hydrogen-bond donors (Lipinski definition) is 2. The molecule has 3 rings (SSSR count). The summed E-state index contributed by atoms with van der Waals surface area (Å²) in [6.07, 6.45) is 7.72. The Hall–Kier alpha value is -1.63. The highest BCUT2D eigenvalue weighted by molar-refractivity contribution is 7.15. The number of nitrogens with zero attached hydrogens (tertiary/aromatic N) is 2. The smallest absolute Gasteiger partial charge is 0.321 e. The second kappa shape index (κ2) is 8.17. The zero-order valence-electron chi connectivity index (χ0n) is 15.1. The van der Waals surface area contributed by atoms with E-state index in [2.05, 4.69) is 15.6 Å². The molecule has 2 N–H and O–H groups in total. The maximum absolute atomic E-state index is 12.6. The van der Waals surface area contributed by atoms with Crippen molar-refractivity contribution in [1.82, 2.24) is 15.2 Å². The molecule has 1 aromatic rings. The van der Waals surface area contributed by atoms with Crippen LogP contribution in [0.25, 0.3) is 0 Å². The maximum atomic E-state index is 12.6. The molecular formula is C18H28N4O2S. The number of carbonyl (C=O) groups is 2. The summed E-state index contributed by atoms with van der Waals surface area (Å²) >= 11 is 1.48. The Balaban J connectivity index is 1.55. The molecule has 0 atom stereocenters. The Labute approximate surface area is 153 Å². The lowest BCUT2D eigenvalue weighted by atomic mass is 9.86. The predicted molar refractivity (Wildman–Crippen MR) is 99.7 cm³/mol. The SMILES string of the molecule is CC(C)NC(=O)Nc1nc2c(s1)CN(C(=O)CC1CCCCC1)CC2. The zero-order valence-corrected chi connectivity index (χ0v) is 16.0. The summed E-state index contributed by atoms with van der Waals surface area (Å²) in [5.41, 5.74) is 1.02. The molecule has 7 heteroatoms. The van der Waals surface area contributed by atoms with Crippen LogP contribution in [0.1, 0.15) is 62.9 Å². The summed E-state index contributed by atoms with van der Waals surface area (Å²) in [5.74, 6) is 0.846. The van der Waals surface area contributed by atoms with E-state index in [-0.39, 0.29) is 18.0 Å². The van der Waals surface area contributed by atoms with E-state index in [0.717, 1.165) is 23.5 Å². The first-order valence-electron chi connectivity index (χ1n) is 9.35. The summed E-state index contributed by atoms with van der Waals surface area (Å²) < 4.78 is 0. The van der Waals surface area contributed by atoms with E-state index in [1.54, 1.807) is 0 Å². The van der Waals surface area contributed by atoms with Crippen LogP contribution >= 0.6 is 11.3 Å². The summed E-state index contributed by atoms with van der Waals surface area (Å²) in [7, 11) is 0. The molecule has 138 valence electrons. The van der Waals surface area contributed by atoms with Crippen LogP contribution in [0.15, 0.2) is 0 Å². The van der Waals surface area contributed by atoms with Gasteiger partial charge in [0.15, 0.2) is 5.13 Å². The van der Waals surface area contributed by atoms with Crippen LogP contribution in [-0.2, 0) is 17.8 Å². The van der Waals surface area contributed by atoms with Gasteiger partial charge in [-0.05, 0) is 32.6 Å². The van der Waals surface area contributed by atoms with Crippen LogP contribution in [0.3, 0.4) is 0 Å². The molecule has 2 heterocycles. The van der Waals surface area contributed by atoms with E-state index in [1.165, 1.54) is 43.4 Å². The lowest BCUT2D eigenvalue weighted by Gasteiger charge is -2.29. The average molecular weight is 365 g/mol. The van der Waals surface area contributed by atoms with Crippen LogP contribution in [0, 0.1) is 5.92 Å². The fraction of sp³-hybridized carbons (Fsp3) is 0.722. The average Bonchev–Trinajstić information content (AvgIpc) is 2.95. The number of urea groups is 1. The third kappa shape index (κ3) is 4.93. The Morgan fingerprint density at radius 2 is 2.04 bits per heavy atom. The molecule has 1 saturated carbocycles. The minimum atomic E-state index is -0.230. The van der Waals surface area contributed by atoms with Gasteiger partial charge in [0, 0.05) is 30.3 Å². The first-order chi connectivity index (χ1) is 12.0. The van der Waals surface area contributed by atoms with Crippen molar-refractivity contribution >= 4 is 28.4 Å². The highest BCUT2D eigenvalue weighted by Crippen LogP contribution is 2.31. The summed E-state index contributed by atoms with van der Waals surface area (Å²) in [4.78, 5) is 32.0. The molecule has 0 spiro atoms. The van der Waals surface area contributed by atoms with Crippen LogP contribution < -0.4 is 10.6 Å². The van der Waals surface area contributed by atoms with Crippen molar-refractivity contribution in [2.45, 2.75) is 71.4 Å². The van der Waals surface area contributed by atoms with Crippen molar-refractivity contribution in [3.05, 3.63) is 10.6 Å².